The number of halogens is 2. The first-order chi connectivity index (χ1) is 10.9. The van der Waals surface area contributed by atoms with Crippen LogP contribution < -0.4 is 4.74 Å². The fourth-order valence-corrected chi connectivity index (χ4v) is 1.87. The van der Waals surface area contributed by atoms with Crippen LogP contribution in [0, 0.1) is 0 Å². The van der Waals surface area contributed by atoms with Crippen molar-refractivity contribution in [3.05, 3.63) is 65.7 Å². The van der Waals surface area contributed by atoms with Crippen molar-refractivity contribution >= 4 is 11.8 Å². The second kappa shape index (κ2) is 7.00. The van der Waals surface area contributed by atoms with Crippen molar-refractivity contribution in [3.63, 3.8) is 0 Å². The number of ketones is 1. The molecular formula is C17H14F2O4. The van der Waals surface area contributed by atoms with Gasteiger partial charge in [-0.2, -0.15) is 8.78 Å². The fraction of sp³-hybridized carbons (Fsp3) is 0.176. The largest absolute Gasteiger partial charge is 0.497 e. The first kappa shape index (κ1) is 16.6. The molecule has 0 unspecified atom stereocenters. The molecule has 23 heavy (non-hydrogen) atoms. The minimum absolute atomic E-state index is 0.254. The number of methoxy groups -OCH3 is 1. The number of Topliss-reactive ketones (excluding diaryl/α,β-unsaturated/α-hetero) is 1. The average molecular weight is 320 g/mol. The van der Waals surface area contributed by atoms with Crippen molar-refractivity contribution in [2.45, 2.75) is 12.5 Å². The summed E-state index contributed by atoms with van der Waals surface area (Å²) in [5.41, 5.74) is 0.219. The topological polar surface area (TPSA) is 52.6 Å². The number of alkyl halides is 2. The third-order valence-corrected chi connectivity index (χ3v) is 3.08. The molecule has 2 aromatic carbocycles. The maximum absolute atomic E-state index is 13.9. The summed E-state index contributed by atoms with van der Waals surface area (Å²) in [5, 5.41) is 0. The highest BCUT2D eigenvalue weighted by Gasteiger charge is 2.49. The highest BCUT2D eigenvalue weighted by Crippen LogP contribution is 2.23. The molecule has 2 rings (SSSR count). The van der Waals surface area contributed by atoms with Crippen molar-refractivity contribution in [2.24, 2.45) is 0 Å². The van der Waals surface area contributed by atoms with Gasteiger partial charge in [-0.1, -0.05) is 42.5 Å². The van der Waals surface area contributed by atoms with Crippen LogP contribution in [0.25, 0.3) is 0 Å². The second-order valence-corrected chi connectivity index (χ2v) is 4.70. The zero-order valence-corrected chi connectivity index (χ0v) is 12.3. The van der Waals surface area contributed by atoms with Crippen LogP contribution in [0.15, 0.2) is 54.6 Å². The van der Waals surface area contributed by atoms with Crippen LogP contribution in [0.1, 0.15) is 15.9 Å². The van der Waals surface area contributed by atoms with Gasteiger partial charge in [0.15, 0.2) is 0 Å². The van der Waals surface area contributed by atoms with Crippen molar-refractivity contribution in [3.8, 4) is 5.75 Å². The molecule has 0 atom stereocenters. The van der Waals surface area contributed by atoms with Gasteiger partial charge in [-0.25, -0.2) is 4.79 Å². The second-order valence-electron chi connectivity index (χ2n) is 4.70. The number of rotatable bonds is 6. The molecule has 4 nitrogen and oxygen atoms in total. The van der Waals surface area contributed by atoms with E-state index in [4.69, 9.17) is 4.74 Å². The lowest BCUT2D eigenvalue weighted by Crippen LogP contribution is -2.39. The van der Waals surface area contributed by atoms with Gasteiger partial charge in [0.25, 0.3) is 0 Å². The Kier molecular flexibility index (Phi) is 5.05. The Morgan fingerprint density at radius 3 is 2.39 bits per heavy atom. The zero-order chi connectivity index (χ0) is 16.9. The summed E-state index contributed by atoms with van der Waals surface area (Å²) >= 11 is 0. The molecule has 6 heteroatoms. The van der Waals surface area contributed by atoms with Gasteiger partial charge in [-0.05, 0) is 17.7 Å². The SMILES string of the molecule is COc1cccc(COC(=O)C(F)(F)C(=O)c2ccccc2)c1. The highest BCUT2D eigenvalue weighted by atomic mass is 19.3. The van der Waals surface area contributed by atoms with Gasteiger partial charge in [0.05, 0.1) is 7.11 Å². The predicted octanol–water partition coefficient (Wildman–Crippen LogP) is 3.26. The van der Waals surface area contributed by atoms with E-state index >= 15 is 0 Å². The Hall–Kier alpha value is -2.76. The molecule has 0 aromatic heterocycles. The molecule has 2 aromatic rings. The number of benzene rings is 2. The maximum atomic E-state index is 13.9. The van der Waals surface area contributed by atoms with Crippen LogP contribution in [-0.2, 0) is 16.1 Å². The quantitative estimate of drug-likeness (QED) is 0.466. The van der Waals surface area contributed by atoms with E-state index in [0.717, 1.165) is 0 Å². The van der Waals surface area contributed by atoms with E-state index in [-0.39, 0.29) is 12.2 Å². The minimum atomic E-state index is -4.24. The first-order valence-electron chi connectivity index (χ1n) is 6.73. The van der Waals surface area contributed by atoms with E-state index in [0.29, 0.717) is 11.3 Å². The molecule has 0 spiro atoms. The van der Waals surface area contributed by atoms with Gasteiger partial charge in [0, 0.05) is 5.56 Å². The van der Waals surface area contributed by atoms with Crippen molar-refractivity contribution in [1.82, 2.24) is 0 Å². The molecule has 0 bridgehead atoms. The van der Waals surface area contributed by atoms with Crippen LogP contribution in [0.5, 0.6) is 5.75 Å². The summed E-state index contributed by atoms with van der Waals surface area (Å²) in [6.45, 7) is -0.381. The van der Waals surface area contributed by atoms with Crippen LogP contribution in [0.4, 0.5) is 8.78 Å². The Balaban J connectivity index is 2.05. The van der Waals surface area contributed by atoms with Crippen LogP contribution in [0.2, 0.25) is 0 Å². The van der Waals surface area contributed by atoms with Gasteiger partial charge in [0.2, 0.25) is 5.78 Å². The number of carbonyl (C=O) groups excluding carboxylic acids is 2. The number of hydrogen-bond donors (Lipinski definition) is 0. The number of carbonyl (C=O) groups is 2. The third kappa shape index (κ3) is 3.91. The molecule has 0 fully saturated rings. The van der Waals surface area contributed by atoms with Gasteiger partial charge < -0.3 is 9.47 Å². The molecule has 0 aliphatic rings. The van der Waals surface area contributed by atoms with Crippen molar-refractivity contribution in [1.29, 1.82) is 0 Å². The van der Waals surface area contributed by atoms with Crippen LogP contribution in [-0.4, -0.2) is 24.8 Å². The standard InChI is InChI=1S/C17H14F2O4/c1-22-14-9-5-6-12(10-14)11-23-16(21)17(18,19)15(20)13-7-3-2-4-8-13/h2-10H,11H2,1H3. The summed E-state index contributed by atoms with van der Waals surface area (Å²) in [6.07, 6.45) is 0. The molecule has 0 aliphatic carbocycles. The van der Waals surface area contributed by atoms with Crippen LogP contribution in [0.3, 0.4) is 0 Å². The summed E-state index contributed by atoms with van der Waals surface area (Å²) in [7, 11) is 1.46. The van der Waals surface area contributed by atoms with E-state index < -0.39 is 17.7 Å². The van der Waals surface area contributed by atoms with Gasteiger partial charge in [-0.15, -0.1) is 0 Å². The molecule has 0 N–H and O–H groups in total. The molecule has 0 saturated carbocycles. The summed E-state index contributed by atoms with van der Waals surface area (Å²) in [5.74, 6) is -7.20. The molecule has 0 amide bonds. The Bertz CT molecular complexity index is 699. The molecule has 0 aliphatic heterocycles. The van der Waals surface area contributed by atoms with E-state index in [2.05, 4.69) is 4.74 Å². The normalized spacial score (nSPS) is 10.9. The zero-order valence-electron chi connectivity index (χ0n) is 12.3. The van der Waals surface area contributed by atoms with Gasteiger partial charge in [0.1, 0.15) is 12.4 Å². The summed E-state index contributed by atoms with van der Waals surface area (Å²) < 4.78 is 37.3. The third-order valence-electron chi connectivity index (χ3n) is 3.08. The predicted molar refractivity (Wildman–Crippen MR) is 78.5 cm³/mol. The lowest BCUT2D eigenvalue weighted by atomic mass is 10.1. The van der Waals surface area contributed by atoms with Crippen molar-refractivity contribution < 1.29 is 27.8 Å². The van der Waals surface area contributed by atoms with E-state index in [1.807, 2.05) is 0 Å². The first-order valence-corrected chi connectivity index (χ1v) is 6.73. The molecule has 0 radical (unpaired) electrons. The monoisotopic (exact) mass is 320 g/mol. The van der Waals surface area contributed by atoms with Gasteiger partial charge >= 0.3 is 11.9 Å². The van der Waals surface area contributed by atoms with Gasteiger partial charge in [-0.3, -0.25) is 4.79 Å². The average Bonchev–Trinajstić information content (AvgIpc) is 2.59. The number of hydrogen-bond acceptors (Lipinski definition) is 4. The Morgan fingerprint density at radius 2 is 1.74 bits per heavy atom. The van der Waals surface area contributed by atoms with Crippen molar-refractivity contribution in [2.75, 3.05) is 7.11 Å². The Morgan fingerprint density at radius 1 is 1.04 bits per heavy atom. The van der Waals surface area contributed by atoms with E-state index in [9.17, 15) is 18.4 Å². The highest BCUT2D eigenvalue weighted by molar-refractivity contribution is 6.13. The molecular weight excluding hydrogens is 306 g/mol. The molecule has 0 heterocycles. The number of esters is 1. The summed E-state index contributed by atoms with van der Waals surface area (Å²) in [6, 6.07) is 13.3. The van der Waals surface area contributed by atoms with E-state index in [1.165, 1.54) is 31.4 Å². The molecule has 120 valence electrons. The summed E-state index contributed by atoms with van der Waals surface area (Å²) in [4.78, 5) is 23.3. The smallest absolute Gasteiger partial charge is 0.404 e. The maximum Gasteiger partial charge on any atom is 0.404 e. The Labute approximate surface area is 131 Å². The van der Waals surface area contributed by atoms with Crippen LogP contribution >= 0.6 is 0 Å². The van der Waals surface area contributed by atoms with E-state index in [1.54, 1.807) is 30.3 Å². The fourth-order valence-electron chi connectivity index (χ4n) is 1.87. The number of ether oxygens (including phenoxy) is 2. The lowest BCUT2D eigenvalue weighted by molar-refractivity contribution is -0.166. The lowest BCUT2D eigenvalue weighted by Gasteiger charge is -2.14. The minimum Gasteiger partial charge on any atom is -0.497 e. The molecule has 0 saturated heterocycles.